The van der Waals surface area contributed by atoms with Crippen molar-refractivity contribution in [3.8, 4) is 0 Å². The maximum absolute atomic E-state index is 11.5. The molecule has 20 heavy (non-hydrogen) atoms. The molecule has 0 radical (unpaired) electrons. The number of ether oxygens (including phenoxy) is 1. The topological polar surface area (TPSA) is 51.8 Å². The summed E-state index contributed by atoms with van der Waals surface area (Å²) in [5.74, 6) is 0.147. The lowest BCUT2D eigenvalue weighted by molar-refractivity contribution is 0.0601. The van der Waals surface area contributed by atoms with Gasteiger partial charge in [0.2, 0.25) is 0 Å². The zero-order valence-corrected chi connectivity index (χ0v) is 14.7. The summed E-state index contributed by atoms with van der Waals surface area (Å²) in [7, 11) is 1.32. The van der Waals surface area contributed by atoms with E-state index in [0.29, 0.717) is 22.0 Å². The van der Waals surface area contributed by atoms with Gasteiger partial charge in [-0.05, 0) is 34.1 Å². The van der Waals surface area contributed by atoms with Crippen molar-refractivity contribution in [2.45, 2.75) is 0 Å². The van der Waals surface area contributed by atoms with Crippen LogP contribution in [0, 0.1) is 3.77 Å². The Balaban J connectivity index is 2.30. The van der Waals surface area contributed by atoms with Gasteiger partial charge in [0.05, 0.1) is 34.1 Å². The summed E-state index contributed by atoms with van der Waals surface area (Å²) >= 11 is 11.4. The van der Waals surface area contributed by atoms with Gasteiger partial charge in [-0.3, -0.25) is 4.99 Å². The van der Waals surface area contributed by atoms with Crippen LogP contribution in [-0.4, -0.2) is 19.3 Å². The van der Waals surface area contributed by atoms with Crippen LogP contribution in [0.2, 0.25) is 5.02 Å². The van der Waals surface area contributed by atoms with Crippen LogP contribution in [-0.2, 0) is 4.74 Å². The van der Waals surface area contributed by atoms with Crippen molar-refractivity contribution in [2.24, 2.45) is 4.99 Å². The van der Waals surface area contributed by atoms with E-state index in [1.54, 1.807) is 24.3 Å². The number of carbonyl (C=O) groups excluding carboxylic acids is 1. The second kappa shape index (κ2) is 6.73. The number of carbonyl (C=O) groups is 1. The molecule has 0 aliphatic rings. The first-order valence-corrected chi connectivity index (χ1v) is 7.63. The lowest BCUT2D eigenvalue weighted by Gasteiger charge is -2.02. The Morgan fingerprint density at radius 3 is 2.85 bits per heavy atom. The predicted molar refractivity (Wildman–Crippen MR) is 89.2 cm³/mol. The van der Waals surface area contributed by atoms with Crippen LogP contribution in [0.1, 0.15) is 16.1 Å². The van der Waals surface area contributed by atoms with Gasteiger partial charge < -0.3 is 9.15 Å². The number of hydrogen-bond donors (Lipinski definition) is 0. The highest BCUT2D eigenvalue weighted by Gasteiger charge is 2.09. The van der Waals surface area contributed by atoms with E-state index in [0.717, 1.165) is 8.24 Å². The SMILES string of the molecule is COC(=O)c1ccc(Cl)c(N=Cc2cc(Br)c(I)o2)c1. The Hall–Kier alpha value is -0.860. The molecule has 1 heterocycles. The number of benzene rings is 1. The van der Waals surface area contributed by atoms with Crippen molar-refractivity contribution in [1.82, 2.24) is 0 Å². The maximum Gasteiger partial charge on any atom is 0.337 e. The van der Waals surface area contributed by atoms with Gasteiger partial charge in [-0.2, -0.15) is 0 Å². The normalized spacial score (nSPS) is 11.0. The zero-order chi connectivity index (χ0) is 14.7. The van der Waals surface area contributed by atoms with Gasteiger partial charge in [-0.25, -0.2) is 4.79 Å². The smallest absolute Gasteiger partial charge is 0.337 e. The molecule has 0 amide bonds. The predicted octanol–water partition coefficient (Wildman–Crippen LogP) is 4.84. The molecule has 0 aliphatic carbocycles. The van der Waals surface area contributed by atoms with E-state index in [1.165, 1.54) is 13.3 Å². The second-order valence-electron chi connectivity index (χ2n) is 3.69. The quantitative estimate of drug-likeness (QED) is 0.368. The van der Waals surface area contributed by atoms with Gasteiger partial charge in [0.25, 0.3) is 0 Å². The molecule has 0 saturated heterocycles. The minimum Gasteiger partial charge on any atom is -0.465 e. The third kappa shape index (κ3) is 3.62. The maximum atomic E-state index is 11.5. The molecular weight excluding hydrogens is 460 g/mol. The van der Waals surface area contributed by atoms with Crippen molar-refractivity contribution < 1.29 is 13.9 Å². The second-order valence-corrected chi connectivity index (χ2v) is 5.93. The molecule has 0 unspecified atom stereocenters. The van der Waals surface area contributed by atoms with Crippen LogP contribution in [0.5, 0.6) is 0 Å². The molecule has 0 aliphatic heterocycles. The molecule has 2 rings (SSSR count). The van der Waals surface area contributed by atoms with Gasteiger partial charge in [0.1, 0.15) is 5.76 Å². The van der Waals surface area contributed by atoms with E-state index in [1.807, 2.05) is 0 Å². The van der Waals surface area contributed by atoms with Crippen LogP contribution < -0.4 is 0 Å². The zero-order valence-electron chi connectivity index (χ0n) is 10.2. The summed E-state index contributed by atoms with van der Waals surface area (Å²) in [4.78, 5) is 15.7. The third-order valence-corrected chi connectivity index (χ3v) is 4.81. The van der Waals surface area contributed by atoms with Gasteiger partial charge >= 0.3 is 5.97 Å². The highest BCUT2D eigenvalue weighted by Crippen LogP contribution is 2.27. The molecule has 0 bridgehead atoms. The summed E-state index contributed by atoms with van der Waals surface area (Å²) in [5, 5.41) is 0.439. The molecule has 0 spiro atoms. The molecule has 0 atom stereocenters. The van der Waals surface area contributed by atoms with Crippen molar-refractivity contribution in [2.75, 3.05) is 7.11 Å². The number of nitrogens with zero attached hydrogens (tertiary/aromatic N) is 1. The summed E-state index contributed by atoms with van der Waals surface area (Å²) in [5.41, 5.74) is 0.858. The molecule has 1 aromatic carbocycles. The largest absolute Gasteiger partial charge is 0.465 e. The van der Waals surface area contributed by atoms with E-state index in [2.05, 4.69) is 48.3 Å². The van der Waals surface area contributed by atoms with Crippen LogP contribution in [0.4, 0.5) is 5.69 Å². The van der Waals surface area contributed by atoms with Gasteiger partial charge in [-0.1, -0.05) is 11.6 Å². The number of aliphatic imine (C=N–C) groups is 1. The van der Waals surface area contributed by atoms with E-state index in [-0.39, 0.29) is 0 Å². The van der Waals surface area contributed by atoms with Crippen LogP contribution in [0.25, 0.3) is 0 Å². The number of furan rings is 1. The van der Waals surface area contributed by atoms with Gasteiger partial charge in [0.15, 0.2) is 3.77 Å². The van der Waals surface area contributed by atoms with Crippen LogP contribution >= 0.6 is 50.1 Å². The fourth-order valence-electron chi connectivity index (χ4n) is 1.42. The fraction of sp³-hybridized carbons (Fsp3) is 0.0769. The number of rotatable bonds is 3. The van der Waals surface area contributed by atoms with Crippen molar-refractivity contribution in [3.05, 3.63) is 48.9 Å². The highest BCUT2D eigenvalue weighted by atomic mass is 127. The summed E-state index contributed by atoms with van der Waals surface area (Å²) < 4.78 is 11.7. The number of hydrogen-bond acceptors (Lipinski definition) is 4. The van der Waals surface area contributed by atoms with Gasteiger partial charge in [-0.15, -0.1) is 0 Å². The molecule has 0 fully saturated rings. The number of methoxy groups -OCH3 is 1. The molecule has 0 N–H and O–H groups in total. The van der Waals surface area contributed by atoms with E-state index >= 15 is 0 Å². The molecular formula is C13H8BrClINO3. The molecule has 0 saturated carbocycles. The van der Waals surface area contributed by atoms with Crippen molar-refractivity contribution >= 4 is 68.0 Å². The Morgan fingerprint density at radius 1 is 1.50 bits per heavy atom. The number of esters is 1. The standard InChI is InChI=1S/C13H8BrClINO3/c1-19-13(18)7-2-3-10(15)11(4-7)17-6-8-5-9(14)12(16)20-8/h2-6H,1H3. The third-order valence-electron chi connectivity index (χ3n) is 2.36. The summed E-state index contributed by atoms with van der Waals surface area (Å²) in [6.07, 6.45) is 1.54. The molecule has 4 nitrogen and oxygen atoms in total. The fourth-order valence-corrected chi connectivity index (χ4v) is 2.30. The van der Waals surface area contributed by atoms with Gasteiger partial charge in [0, 0.05) is 28.7 Å². The molecule has 104 valence electrons. The Bertz CT molecular complexity index is 665. The average molecular weight is 468 g/mol. The molecule has 7 heteroatoms. The summed E-state index contributed by atoms with van der Waals surface area (Å²) in [6, 6.07) is 6.54. The van der Waals surface area contributed by atoms with Crippen LogP contribution in [0.3, 0.4) is 0 Å². The van der Waals surface area contributed by atoms with Crippen LogP contribution in [0.15, 0.2) is 38.1 Å². The first-order valence-electron chi connectivity index (χ1n) is 5.38. The van der Waals surface area contributed by atoms with Crippen molar-refractivity contribution in [3.63, 3.8) is 0 Å². The Labute approximate surface area is 142 Å². The highest BCUT2D eigenvalue weighted by molar-refractivity contribution is 14.1. The monoisotopic (exact) mass is 467 g/mol. The van der Waals surface area contributed by atoms with E-state index in [9.17, 15) is 4.79 Å². The lowest BCUT2D eigenvalue weighted by Crippen LogP contribution is -2.00. The Morgan fingerprint density at radius 2 is 2.25 bits per heavy atom. The van der Waals surface area contributed by atoms with E-state index < -0.39 is 5.97 Å². The average Bonchev–Trinajstić information content (AvgIpc) is 2.76. The first kappa shape index (κ1) is 15.5. The minimum atomic E-state index is -0.437. The molecule has 2 aromatic rings. The van der Waals surface area contributed by atoms with Crippen molar-refractivity contribution in [1.29, 1.82) is 0 Å². The number of halogens is 3. The Kier molecular flexibility index (Phi) is 5.22. The summed E-state index contributed by atoms with van der Waals surface area (Å²) in [6.45, 7) is 0. The lowest BCUT2D eigenvalue weighted by atomic mass is 10.2. The molecule has 1 aromatic heterocycles. The first-order chi connectivity index (χ1) is 9.51. The van der Waals surface area contributed by atoms with E-state index in [4.69, 9.17) is 16.0 Å². The minimum absolute atomic E-state index is 0.388.